The number of hydrogen-bond donors (Lipinski definition) is 1. The van der Waals surface area contributed by atoms with Crippen molar-refractivity contribution in [1.29, 1.82) is 0 Å². The highest BCUT2D eigenvalue weighted by Crippen LogP contribution is 2.28. The molecule has 0 aliphatic carbocycles. The van der Waals surface area contributed by atoms with Crippen molar-refractivity contribution in [1.82, 2.24) is 0 Å². The molecule has 0 amide bonds. The van der Waals surface area contributed by atoms with Crippen molar-refractivity contribution in [3.05, 3.63) is 52.2 Å². The second-order valence-electron chi connectivity index (χ2n) is 5.01. The fourth-order valence-electron chi connectivity index (χ4n) is 2.12. The van der Waals surface area contributed by atoms with E-state index in [-0.39, 0.29) is 12.1 Å². The van der Waals surface area contributed by atoms with E-state index >= 15 is 0 Å². The number of thiophene rings is 1. The lowest BCUT2D eigenvalue weighted by Gasteiger charge is -2.23. The maximum absolute atomic E-state index is 6.22. The van der Waals surface area contributed by atoms with Crippen molar-refractivity contribution in [3.8, 4) is 5.75 Å². The van der Waals surface area contributed by atoms with Crippen molar-refractivity contribution >= 4 is 11.3 Å². The Bertz CT molecular complexity index is 510. The summed E-state index contributed by atoms with van der Waals surface area (Å²) in [6, 6.07) is 12.3. The maximum Gasteiger partial charge on any atom is 0.148 e. The summed E-state index contributed by atoms with van der Waals surface area (Å²) in [5.74, 6) is 0.860. The molecule has 114 valence electrons. The van der Waals surface area contributed by atoms with Crippen LogP contribution in [0.15, 0.2) is 41.8 Å². The van der Waals surface area contributed by atoms with Gasteiger partial charge < -0.3 is 15.2 Å². The fourth-order valence-corrected chi connectivity index (χ4v) is 2.95. The van der Waals surface area contributed by atoms with Crippen LogP contribution in [0.1, 0.15) is 29.9 Å². The largest absolute Gasteiger partial charge is 0.483 e. The molecule has 3 nitrogen and oxygen atoms in total. The Morgan fingerprint density at radius 2 is 1.95 bits per heavy atom. The van der Waals surface area contributed by atoms with E-state index in [9.17, 15) is 0 Å². The predicted molar refractivity (Wildman–Crippen MR) is 88.0 cm³/mol. The molecule has 2 unspecified atom stereocenters. The monoisotopic (exact) mass is 305 g/mol. The average molecular weight is 305 g/mol. The fraction of sp³-hybridized carbons (Fsp3) is 0.412. The Morgan fingerprint density at radius 3 is 2.52 bits per heavy atom. The van der Waals surface area contributed by atoms with Crippen molar-refractivity contribution in [2.75, 3.05) is 13.7 Å². The zero-order chi connectivity index (χ0) is 15.1. The molecule has 0 radical (unpaired) electrons. The molecule has 1 aromatic carbocycles. The number of methoxy groups -OCH3 is 1. The highest BCUT2D eigenvalue weighted by Gasteiger charge is 2.21. The van der Waals surface area contributed by atoms with Crippen molar-refractivity contribution < 1.29 is 9.47 Å². The zero-order valence-corrected chi connectivity index (χ0v) is 13.4. The third kappa shape index (κ3) is 4.56. The van der Waals surface area contributed by atoms with Gasteiger partial charge in [-0.05, 0) is 42.0 Å². The molecular formula is C17H23NO2S. The number of hydrogen-bond acceptors (Lipinski definition) is 4. The van der Waals surface area contributed by atoms with Gasteiger partial charge in [-0.3, -0.25) is 0 Å². The van der Waals surface area contributed by atoms with Gasteiger partial charge in [0.25, 0.3) is 0 Å². The molecule has 2 aromatic rings. The van der Waals surface area contributed by atoms with Crippen LogP contribution >= 0.6 is 11.3 Å². The first-order valence-electron chi connectivity index (χ1n) is 7.28. The summed E-state index contributed by atoms with van der Waals surface area (Å²) in [6.45, 7) is 2.82. The Labute approximate surface area is 130 Å². The normalized spacial score (nSPS) is 13.9. The lowest BCUT2D eigenvalue weighted by Crippen LogP contribution is -2.30. The van der Waals surface area contributed by atoms with Gasteiger partial charge in [0.2, 0.25) is 0 Å². The van der Waals surface area contributed by atoms with E-state index in [1.165, 1.54) is 10.4 Å². The van der Waals surface area contributed by atoms with Crippen molar-refractivity contribution in [2.45, 2.75) is 31.9 Å². The van der Waals surface area contributed by atoms with Gasteiger partial charge in [0.1, 0.15) is 11.9 Å². The molecule has 0 fully saturated rings. The van der Waals surface area contributed by atoms with E-state index in [0.29, 0.717) is 0 Å². The number of rotatable bonds is 8. The Hall–Kier alpha value is -1.36. The first-order chi connectivity index (χ1) is 10.2. The van der Waals surface area contributed by atoms with Gasteiger partial charge in [0.15, 0.2) is 0 Å². The van der Waals surface area contributed by atoms with Gasteiger partial charge in [-0.15, -0.1) is 11.3 Å². The van der Waals surface area contributed by atoms with Gasteiger partial charge in [-0.2, -0.15) is 0 Å². The lowest BCUT2D eigenvalue weighted by atomic mass is 10.1. The Balaban J connectivity index is 2.06. The molecule has 0 aliphatic heterocycles. The summed E-state index contributed by atoms with van der Waals surface area (Å²) in [4.78, 5) is 1.17. The molecule has 21 heavy (non-hydrogen) atoms. The summed E-state index contributed by atoms with van der Waals surface area (Å²) < 4.78 is 11.2. The standard InChI is InChI=1S/C17H23NO2S/c1-3-15(18)17(16-5-4-12-21-16)20-14-8-6-13(7-9-14)10-11-19-2/h4-9,12,15,17H,3,10-11,18H2,1-2H3. The summed E-state index contributed by atoms with van der Waals surface area (Å²) in [6.07, 6.45) is 1.72. The van der Waals surface area contributed by atoms with Crippen LogP contribution in [0.25, 0.3) is 0 Å². The molecule has 1 heterocycles. The molecule has 0 saturated heterocycles. The molecule has 0 saturated carbocycles. The third-order valence-electron chi connectivity index (χ3n) is 3.47. The smallest absolute Gasteiger partial charge is 0.148 e. The van der Waals surface area contributed by atoms with E-state index < -0.39 is 0 Å². The summed E-state index contributed by atoms with van der Waals surface area (Å²) >= 11 is 1.69. The Morgan fingerprint density at radius 1 is 1.19 bits per heavy atom. The van der Waals surface area contributed by atoms with E-state index in [1.54, 1.807) is 18.4 Å². The van der Waals surface area contributed by atoms with E-state index in [4.69, 9.17) is 15.2 Å². The molecule has 2 N–H and O–H groups in total. The summed E-state index contributed by atoms with van der Waals surface area (Å²) in [5, 5.41) is 2.06. The molecule has 0 spiro atoms. The molecule has 1 aromatic heterocycles. The van der Waals surface area contributed by atoms with Crippen LogP contribution in [0.2, 0.25) is 0 Å². The second-order valence-corrected chi connectivity index (χ2v) is 5.99. The lowest BCUT2D eigenvalue weighted by molar-refractivity contribution is 0.174. The third-order valence-corrected chi connectivity index (χ3v) is 4.40. The topological polar surface area (TPSA) is 44.5 Å². The van der Waals surface area contributed by atoms with Gasteiger partial charge in [0.05, 0.1) is 6.61 Å². The van der Waals surface area contributed by atoms with Crippen LogP contribution in [0.5, 0.6) is 5.75 Å². The van der Waals surface area contributed by atoms with E-state index in [1.807, 2.05) is 18.2 Å². The Kier molecular flexibility index (Phi) is 6.23. The van der Waals surface area contributed by atoms with Crippen LogP contribution in [0.4, 0.5) is 0 Å². The summed E-state index contributed by atoms with van der Waals surface area (Å²) in [5.41, 5.74) is 7.46. The zero-order valence-electron chi connectivity index (χ0n) is 12.6. The first kappa shape index (κ1) is 16.0. The SMILES string of the molecule is CCC(N)C(Oc1ccc(CCOC)cc1)c1cccs1. The minimum Gasteiger partial charge on any atom is -0.483 e. The van der Waals surface area contributed by atoms with Gasteiger partial charge in [-0.1, -0.05) is 25.1 Å². The van der Waals surface area contributed by atoms with Crippen LogP contribution in [0.3, 0.4) is 0 Å². The average Bonchev–Trinajstić information content (AvgIpc) is 3.05. The van der Waals surface area contributed by atoms with Crippen LogP contribution in [-0.4, -0.2) is 19.8 Å². The molecule has 0 bridgehead atoms. The molecule has 2 atom stereocenters. The minimum atomic E-state index is -0.0835. The summed E-state index contributed by atoms with van der Waals surface area (Å²) in [7, 11) is 1.72. The number of benzene rings is 1. The first-order valence-corrected chi connectivity index (χ1v) is 8.16. The minimum absolute atomic E-state index is 0.00295. The number of ether oxygens (including phenoxy) is 2. The van der Waals surface area contributed by atoms with Gasteiger partial charge in [-0.25, -0.2) is 0 Å². The maximum atomic E-state index is 6.22. The van der Waals surface area contributed by atoms with Crippen molar-refractivity contribution in [3.63, 3.8) is 0 Å². The second kappa shape index (κ2) is 8.17. The molecule has 4 heteroatoms. The quantitative estimate of drug-likeness (QED) is 0.807. The van der Waals surface area contributed by atoms with Crippen LogP contribution in [0, 0.1) is 0 Å². The predicted octanol–water partition coefficient (Wildman–Crippen LogP) is 3.79. The van der Waals surface area contributed by atoms with Gasteiger partial charge >= 0.3 is 0 Å². The van der Waals surface area contributed by atoms with Crippen molar-refractivity contribution in [2.24, 2.45) is 5.73 Å². The van der Waals surface area contributed by atoms with E-state index in [2.05, 4.69) is 30.5 Å². The van der Waals surface area contributed by atoms with Crippen LogP contribution in [-0.2, 0) is 11.2 Å². The number of nitrogens with two attached hydrogens (primary N) is 1. The molecule has 0 aliphatic rings. The van der Waals surface area contributed by atoms with Crippen LogP contribution < -0.4 is 10.5 Å². The van der Waals surface area contributed by atoms with Gasteiger partial charge in [0, 0.05) is 18.0 Å². The highest BCUT2D eigenvalue weighted by atomic mass is 32.1. The van der Waals surface area contributed by atoms with E-state index in [0.717, 1.165) is 25.2 Å². The molecular weight excluding hydrogens is 282 g/mol. The molecule has 2 rings (SSSR count). The highest BCUT2D eigenvalue weighted by molar-refractivity contribution is 7.10.